The van der Waals surface area contributed by atoms with E-state index < -0.39 is 5.97 Å². The van der Waals surface area contributed by atoms with E-state index in [4.69, 9.17) is 14.6 Å². The van der Waals surface area contributed by atoms with Crippen molar-refractivity contribution in [1.29, 1.82) is 0 Å². The normalized spacial score (nSPS) is 10.1. The molecule has 2 rings (SSSR count). The summed E-state index contributed by atoms with van der Waals surface area (Å²) in [4.78, 5) is 11.1. The number of carboxylic acids is 1. The van der Waals surface area contributed by atoms with E-state index >= 15 is 0 Å². The minimum atomic E-state index is -0.981. The van der Waals surface area contributed by atoms with E-state index in [-0.39, 0.29) is 5.56 Å². The highest BCUT2D eigenvalue weighted by molar-refractivity contribution is 9.10. The van der Waals surface area contributed by atoms with E-state index in [0.717, 1.165) is 15.8 Å². The van der Waals surface area contributed by atoms with E-state index in [0.29, 0.717) is 18.0 Å². The van der Waals surface area contributed by atoms with Gasteiger partial charge in [-0.15, -0.1) is 0 Å². The van der Waals surface area contributed by atoms with Crippen LogP contribution in [0.2, 0.25) is 0 Å². The van der Waals surface area contributed by atoms with Crippen molar-refractivity contribution >= 4 is 27.6 Å². The Hall–Kier alpha value is -2.21. The summed E-state index contributed by atoms with van der Waals surface area (Å²) in [5.41, 5.74) is 1.76. The number of halogens is 1. The summed E-state index contributed by atoms with van der Waals surface area (Å²) in [5.74, 6) is 0.355. The molecule has 0 aromatic heterocycles. The van der Waals surface area contributed by atoms with Crippen molar-refractivity contribution in [1.82, 2.24) is 0 Å². The van der Waals surface area contributed by atoms with Crippen LogP contribution in [-0.2, 0) is 6.54 Å². The number of benzene rings is 2. The zero-order valence-electron chi connectivity index (χ0n) is 12.2. The van der Waals surface area contributed by atoms with Crippen molar-refractivity contribution in [3.05, 3.63) is 52.0 Å². The highest BCUT2D eigenvalue weighted by Crippen LogP contribution is 2.28. The Kier molecular flexibility index (Phi) is 5.27. The van der Waals surface area contributed by atoms with Gasteiger partial charge in [-0.05, 0) is 36.4 Å². The summed E-state index contributed by atoms with van der Waals surface area (Å²) < 4.78 is 11.5. The van der Waals surface area contributed by atoms with Crippen molar-refractivity contribution in [2.45, 2.75) is 6.54 Å². The SMILES string of the molecule is COc1ccc(Br)cc1CNc1cc(C(=O)O)ccc1OC. The number of carbonyl (C=O) groups is 1. The van der Waals surface area contributed by atoms with Gasteiger partial charge in [0, 0.05) is 16.6 Å². The second-order valence-corrected chi connectivity index (χ2v) is 5.45. The minimum Gasteiger partial charge on any atom is -0.496 e. The molecule has 0 aliphatic rings. The molecule has 0 heterocycles. The van der Waals surface area contributed by atoms with Crippen molar-refractivity contribution in [2.24, 2.45) is 0 Å². The Balaban J connectivity index is 2.25. The molecule has 0 amide bonds. The van der Waals surface area contributed by atoms with Gasteiger partial charge < -0.3 is 19.9 Å². The maximum atomic E-state index is 11.1. The fraction of sp³-hybridized carbons (Fsp3) is 0.188. The maximum Gasteiger partial charge on any atom is 0.335 e. The third kappa shape index (κ3) is 3.71. The van der Waals surface area contributed by atoms with Crippen LogP contribution in [0.4, 0.5) is 5.69 Å². The van der Waals surface area contributed by atoms with Gasteiger partial charge in [-0.2, -0.15) is 0 Å². The Labute approximate surface area is 137 Å². The van der Waals surface area contributed by atoms with Crippen LogP contribution in [0.1, 0.15) is 15.9 Å². The van der Waals surface area contributed by atoms with Crippen LogP contribution in [0.25, 0.3) is 0 Å². The number of ether oxygens (including phenoxy) is 2. The quantitative estimate of drug-likeness (QED) is 0.815. The Morgan fingerprint density at radius 2 is 1.82 bits per heavy atom. The number of methoxy groups -OCH3 is 2. The predicted octanol–water partition coefficient (Wildman–Crippen LogP) is 3.78. The number of carboxylic acid groups (broad SMARTS) is 1. The first-order chi connectivity index (χ1) is 10.5. The Morgan fingerprint density at radius 3 is 2.45 bits per heavy atom. The van der Waals surface area contributed by atoms with Gasteiger partial charge in [0.05, 0.1) is 25.5 Å². The topological polar surface area (TPSA) is 67.8 Å². The fourth-order valence-electron chi connectivity index (χ4n) is 2.05. The van der Waals surface area contributed by atoms with Gasteiger partial charge in [0.2, 0.25) is 0 Å². The molecule has 0 bridgehead atoms. The highest BCUT2D eigenvalue weighted by Gasteiger charge is 2.10. The van der Waals surface area contributed by atoms with Crippen molar-refractivity contribution in [3.63, 3.8) is 0 Å². The largest absolute Gasteiger partial charge is 0.496 e. The lowest BCUT2D eigenvalue weighted by atomic mass is 10.1. The molecule has 22 heavy (non-hydrogen) atoms. The number of anilines is 1. The Morgan fingerprint density at radius 1 is 1.14 bits per heavy atom. The number of nitrogens with one attached hydrogen (secondary N) is 1. The summed E-state index contributed by atoms with van der Waals surface area (Å²) in [6, 6.07) is 10.4. The monoisotopic (exact) mass is 365 g/mol. The van der Waals surface area contributed by atoms with Crippen molar-refractivity contribution in [3.8, 4) is 11.5 Å². The van der Waals surface area contributed by atoms with Gasteiger partial charge in [-0.1, -0.05) is 15.9 Å². The number of aromatic carboxylic acids is 1. The summed E-state index contributed by atoms with van der Waals surface area (Å²) in [5, 5.41) is 12.3. The molecule has 5 nitrogen and oxygen atoms in total. The molecular weight excluding hydrogens is 350 g/mol. The molecule has 2 aromatic carbocycles. The summed E-state index contributed by atoms with van der Waals surface area (Å²) in [7, 11) is 3.15. The van der Waals surface area contributed by atoms with Gasteiger partial charge in [0.15, 0.2) is 0 Å². The molecule has 6 heteroatoms. The standard InChI is InChI=1S/C16H16BrNO4/c1-21-14-6-4-12(17)7-11(14)9-18-13-8-10(16(19)20)3-5-15(13)22-2/h3-8,18H,9H2,1-2H3,(H,19,20). The van der Waals surface area contributed by atoms with Crippen LogP contribution in [-0.4, -0.2) is 25.3 Å². The summed E-state index contributed by atoms with van der Waals surface area (Å²) in [6.45, 7) is 0.474. The molecule has 0 aliphatic carbocycles. The van der Waals surface area contributed by atoms with Crippen molar-refractivity contribution < 1.29 is 19.4 Å². The molecule has 2 aromatic rings. The molecule has 0 unspecified atom stereocenters. The van der Waals surface area contributed by atoms with Crippen LogP contribution >= 0.6 is 15.9 Å². The lowest BCUT2D eigenvalue weighted by molar-refractivity contribution is 0.0697. The predicted molar refractivity (Wildman–Crippen MR) is 88.0 cm³/mol. The molecule has 0 aliphatic heterocycles. The molecule has 0 spiro atoms. The molecule has 0 saturated carbocycles. The first-order valence-electron chi connectivity index (χ1n) is 6.52. The maximum absolute atomic E-state index is 11.1. The van der Waals surface area contributed by atoms with Crippen LogP contribution in [0.3, 0.4) is 0 Å². The average molecular weight is 366 g/mol. The van der Waals surface area contributed by atoms with Gasteiger partial charge in [0.25, 0.3) is 0 Å². The zero-order chi connectivity index (χ0) is 16.1. The van der Waals surface area contributed by atoms with E-state index in [1.165, 1.54) is 6.07 Å². The van der Waals surface area contributed by atoms with Gasteiger partial charge >= 0.3 is 5.97 Å². The molecule has 2 N–H and O–H groups in total. The molecule has 0 atom stereocenters. The van der Waals surface area contributed by atoms with E-state index in [2.05, 4.69) is 21.2 Å². The third-order valence-electron chi connectivity index (χ3n) is 3.16. The number of rotatable bonds is 6. The third-order valence-corrected chi connectivity index (χ3v) is 3.65. The van der Waals surface area contributed by atoms with Crippen molar-refractivity contribution in [2.75, 3.05) is 19.5 Å². The van der Waals surface area contributed by atoms with Crippen LogP contribution in [0.15, 0.2) is 40.9 Å². The lowest BCUT2D eigenvalue weighted by Crippen LogP contribution is -2.05. The van der Waals surface area contributed by atoms with Crippen LogP contribution in [0.5, 0.6) is 11.5 Å². The fourth-order valence-corrected chi connectivity index (χ4v) is 2.46. The van der Waals surface area contributed by atoms with E-state index in [9.17, 15) is 4.79 Å². The average Bonchev–Trinajstić information content (AvgIpc) is 2.52. The van der Waals surface area contributed by atoms with E-state index in [1.807, 2.05) is 18.2 Å². The first-order valence-corrected chi connectivity index (χ1v) is 7.32. The Bertz CT molecular complexity index is 688. The van der Waals surface area contributed by atoms with Crippen LogP contribution < -0.4 is 14.8 Å². The number of hydrogen-bond acceptors (Lipinski definition) is 4. The highest BCUT2D eigenvalue weighted by atomic mass is 79.9. The molecule has 0 radical (unpaired) electrons. The van der Waals surface area contributed by atoms with Crippen LogP contribution in [0, 0.1) is 0 Å². The van der Waals surface area contributed by atoms with Gasteiger partial charge in [-0.3, -0.25) is 0 Å². The second kappa shape index (κ2) is 7.17. The minimum absolute atomic E-state index is 0.199. The molecule has 116 valence electrons. The van der Waals surface area contributed by atoms with E-state index in [1.54, 1.807) is 26.4 Å². The molecule has 0 saturated heterocycles. The van der Waals surface area contributed by atoms with Gasteiger partial charge in [-0.25, -0.2) is 4.79 Å². The second-order valence-electron chi connectivity index (χ2n) is 4.53. The summed E-state index contributed by atoms with van der Waals surface area (Å²) in [6.07, 6.45) is 0. The zero-order valence-corrected chi connectivity index (χ0v) is 13.8. The smallest absolute Gasteiger partial charge is 0.335 e. The number of hydrogen-bond donors (Lipinski definition) is 2. The molecular formula is C16H16BrNO4. The lowest BCUT2D eigenvalue weighted by Gasteiger charge is -2.14. The molecule has 0 fully saturated rings. The van der Waals surface area contributed by atoms with Gasteiger partial charge in [0.1, 0.15) is 11.5 Å². The summed E-state index contributed by atoms with van der Waals surface area (Å²) >= 11 is 3.42. The first kappa shape index (κ1) is 16.2.